The van der Waals surface area contributed by atoms with Crippen molar-refractivity contribution in [2.24, 2.45) is 0 Å². The molecule has 0 spiro atoms. The minimum atomic E-state index is 0.0345. The first-order valence-corrected chi connectivity index (χ1v) is 6.12. The van der Waals surface area contributed by atoms with E-state index >= 15 is 0 Å². The number of aryl methyl sites for hydroxylation is 1. The van der Waals surface area contributed by atoms with Crippen LogP contribution in [0.25, 0.3) is 10.9 Å². The summed E-state index contributed by atoms with van der Waals surface area (Å²) in [5.41, 5.74) is 2.14. The second-order valence-electron chi connectivity index (χ2n) is 5.01. The molecule has 0 atom stereocenters. The largest absolute Gasteiger partial charge is 0.237 e. The van der Waals surface area contributed by atoms with Crippen LogP contribution in [0.1, 0.15) is 32.3 Å². The standard InChI is InChI=1S/C13H15BrN2/c1-8-15-11-9(6-5-7-10(11)14)12(16-8)13(2,3)4/h5-7H,1-4H3. The van der Waals surface area contributed by atoms with Crippen LogP contribution in [0.3, 0.4) is 0 Å². The highest BCUT2D eigenvalue weighted by molar-refractivity contribution is 9.10. The summed E-state index contributed by atoms with van der Waals surface area (Å²) in [5.74, 6) is 0.823. The maximum Gasteiger partial charge on any atom is 0.126 e. The smallest absolute Gasteiger partial charge is 0.126 e. The van der Waals surface area contributed by atoms with E-state index < -0.39 is 0 Å². The first-order chi connectivity index (χ1) is 7.39. The Bertz CT molecular complexity index is 541. The fourth-order valence-corrected chi connectivity index (χ4v) is 2.26. The third kappa shape index (κ3) is 1.96. The van der Waals surface area contributed by atoms with Crippen molar-refractivity contribution in [2.75, 3.05) is 0 Å². The molecule has 1 aromatic carbocycles. The molecule has 0 N–H and O–H groups in total. The quantitative estimate of drug-likeness (QED) is 0.728. The van der Waals surface area contributed by atoms with Crippen molar-refractivity contribution in [2.45, 2.75) is 33.1 Å². The topological polar surface area (TPSA) is 25.8 Å². The Balaban J connectivity index is 2.89. The third-order valence-corrected chi connectivity index (χ3v) is 3.14. The van der Waals surface area contributed by atoms with Gasteiger partial charge in [0.25, 0.3) is 0 Å². The third-order valence-electron chi connectivity index (χ3n) is 2.50. The van der Waals surface area contributed by atoms with E-state index in [1.54, 1.807) is 0 Å². The Labute approximate surface area is 104 Å². The SMILES string of the molecule is Cc1nc(C(C)(C)C)c2cccc(Br)c2n1. The molecule has 0 aliphatic rings. The Morgan fingerprint density at radius 2 is 1.81 bits per heavy atom. The summed E-state index contributed by atoms with van der Waals surface area (Å²) in [6.45, 7) is 8.47. The van der Waals surface area contributed by atoms with E-state index in [-0.39, 0.29) is 5.41 Å². The van der Waals surface area contributed by atoms with Gasteiger partial charge in [-0.25, -0.2) is 9.97 Å². The normalized spacial score (nSPS) is 12.1. The molecule has 2 rings (SSSR count). The summed E-state index contributed by atoms with van der Waals surface area (Å²) < 4.78 is 1.03. The van der Waals surface area contributed by atoms with Crippen molar-refractivity contribution in [3.05, 3.63) is 34.2 Å². The molecule has 0 saturated heterocycles. The van der Waals surface area contributed by atoms with Crippen LogP contribution in [0.2, 0.25) is 0 Å². The van der Waals surface area contributed by atoms with Gasteiger partial charge >= 0.3 is 0 Å². The zero-order valence-corrected chi connectivity index (χ0v) is 11.6. The molecule has 2 nitrogen and oxygen atoms in total. The van der Waals surface area contributed by atoms with Gasteiger partial charge in [-0.3, -0.25) is 0 Å². The Morgan fingerprint density at radius 3 is 2.44 bits per heavy atom. The molecule has 0 aliphatic carbocycles. The minimum Gasteiger partial charge on any atom is -0.237 e. The summed E-state index contributed by atoms with van der Waals surface area (Å²) in [6, 6.07) is 6.13. The zero-order chi connectivity index (χ0) is 11.9. The van der Waals surface area contributed by atoms with Crippen LogP contribution < -0.4 is 0 Å². The molecule has 1 heterocycles. The lowest BCUT2D eigenvalue weighted by molar-refractivity contribution is 0.571. The molecule has 0 fully saturated rings. The number of nitrogens with zero attached hydrogens (tertiary/aromatic N) is 2. The summed E-state index contributed by atoms with van der Waals surface area (Å²) in [6.07, 6.45) is 0. The summed E-state index contributed by atoms with van der Waals surface area (Å²) in [5, 5.41) is 1.13. The average Bonchev–Trinajstić information content (AvgIpc) is 2.17. The van der Waals surface area contributed by atoms with Crippen LogP contribution in [-0.2, 0) is 5.41 Å². The number of aromatic nitrogens is 2. The Kier molecular flexibility index (Phi) is 2.74. The van der Waals surface area contributed by atoms with Crippen molar-refractivity contribution in [3.63, 3.8) is 0 Å². The van der Waals surface area contributed by atoms with Crippen LogP contribution in [0.15, 0.2) is 22.7 Å². The van der Waals surface area contributed by atoms with Crippen molar-refractivity contribution < 1.29 is 0 Å². The molecule has 0 bridgehead atoms. The van der Waals surface area contributed by atoms with Crippen molar-refractivity contribution >= 4 is 26.8 Å². The second-order valence-corrected chi connectivity index (χ2v) is 5.86. The van der Waals surface area contributed by atoms with Crippen LogP contribution in [0, 0.1) is 6.92 Å². The van der Waals surface area contributed by atoms with Gasteiger partial charge in [-0.2, -0.15) is 0 Å². The van der Waals surface area contributed by atoms with Crippen molar-refractivity contribution in [1.82, 2.24) is 9.97 Å². The fourth-order valence-electron chi connectivity index (χ4n) is 1.80. The van der Waals surface area contributed by atoms with Gasteiger partial charge in [-0.1, -0.05) is 32.9 Å². The number of hydrogen-bond donors (Lipinski definition) is 0. The van der Waals surface area contributed by atoms with E-state index in [9.17, 15) is 0 Å². The van der Waals surface area contributed by atoms with Gasteiger partial charge in [0.1, 0.15) is 5.82 Å². The van der Waals surface area contributed by atoms with Gasteiger partial charge in [0.05, 0.1) is 11.2 Å². The number of rotatable bonds is 0. The van der Waals surface area contributed by atoms with Crippen LogP contribution in [-0.4, -0.2) is 9.97 Å². The van der Waals surface area contributed by atoms with E-state index in [4.69, 9.17) is 0 Å². The molecule has 3 heteroatoms. The average molecular weight is 279 g/mol. The lowest BCUT2D eigenvalue weighted by Crippen LogP contribution is -2.15. The van der Waals surface area contributed by atoms with Gasteiger partial charge < -0.3 is 0 Å². The second kappa shape index (κ2) is 3.81. The number of para-hydroxylation sites is 1. The fraction of sp³-hybridized carbons (Fsp3) is 0.385. The molecule has 0 amide bonds. The maximum absolute atomic E-state index is 4.58. The zero-order valence-electron chi connectivity index (χ0n) is 10.0. The molecule has 1 aromatic heterocycles. The lowest BCUT2D eigenvalue weighted by Gasteiger charge is -2.20. The van der Waals surface area contributed by atoms with E-state index in [2.05, 4.69) is 52.7 Å². The van der Waals surface area contributed by atoms with Gasteiger partial charge in [0.2, 0.25) is 0 Å². The maximum atomic E-state index is 4.58. The molecule has 2 aromatic rings. The first kappa shape index (κ1) is 11.5. The summed E-state index contributed by atoms with van der Waals surface area (Å²) >= 11 is 3.54. The molecular weight excluding hydrogens is 264 g/mol. The van der Waals surface area contributed by atoms with Crippen LogP contribution >= 0.6 is 15.9 Å². The molecule has 0 radical (unpaired) electrons. The Hall–Kier alpha value is -0.960. The van der Waals surface area contributed by atoms with Crippen molar-refractivity contribution in [3.8, 4) is 0 Å². The molecular formula is C13H15BrN2. The molecule has 84 valence electrons. The predicted molar refractivity (Wildman–Crippen MR) is 70.7 cm³/mol. The number of benzene rings is 1. The summed E-state index contributed by atoms with van der Waals surface area (Å²) in [4.78, 5) is 9.07. The van der Waals surface area contributed by atoms with Crippen LogP contribution in [0.4, 0.5) is 0 Å². The number of halogens is 1. The van der Waals surface area contributed by atoms with Crippen molar-refractivity contribution in [1.29, 1.82) is 0 Å². The highest BCUT2D eigenvalue weighted by Crippen LogP contribution is 2.30. The molecule has 0 saturated carbocycles. The van der Waals surface area contributed by atoms with Gasteiger partial charge in [0.15, 0.2) is 0 Å². The molecule has 16 heavy (non-hydrogen) atoms. The van der Waals surface area contributed by atoms with Gasteiger partial charge in [-0.05, 0) is 28.9 Å². The van der Waals surface area contributed by atoms with Crippen LogP contribution in [0.5, 0.6) is 0 Å². The minimum absolute atomic E-state index is 0.0345. The highest BCUT2D eigenvalue weighted by Gasteiger charge is 2.20. The van der Waals surface area contributed by atoms with E-state index in [1.165, 1.54) is 0 Å². The first-order valence-electron chi connectivity index (χ1n) is 5.33. The molecule has 0 unspecified atom stereocenters. The summed E-state index contributed by atoms with van der Waals surface area (Å²) in [7, 11) is 0. The predicted octanol–water partition coefficient (Wildman–Crippen LogP) is 4.00. The lowest BCUT2D eigenvalue weighted by atomic mass is 9.89. The number of hydrogen-bond acceptors (Lipinski definition) is 2. The highest BCUT2D eigenvalue weighted by atomic mass is 79.9. The monoisotopic (exact) mass is 278 g/mol. The Morgan fingerprint density at radius 1 is 1.12 bits per heavy atom. The number of fused-ring (bicyclic) bond motifs is 1. The van der Waals surface area contributed by atoms with Gasteiger partial charge in [-0.15, -0.1) is 0 Å². The van der Waals surface area contributed by atoms with Gasteiger partial charge in [0, 0.05) is 15.3 Å². The van der Waals surface area contributed by atoms with E-state index in [0.717, 1.165) is 26.9 Å². The van der Waals surface area contributed by atoms with E-state index in [0.29, 0.717) is 0 Å². The van der Waals surface area contributed by atoms with E-state index in [1.807, 2.05) is 19.1 Å². The molecule has 0 aliphatic heterocycles.